The van der Waals surface area contributed by atoms with Gasteiger partial charge < -0.3 is 5.32 Å². The molecular weight excluding hydrogens is 392 g/mol. The van der Waals surface area contributed by atoms with Crippen LogP contribution in [0.1, 0.15) is 25.0 Å². The molecule has 0 aliphatic carbocycles. The summed E-state index contributed by atoms with van der Waals surface area (Å²) in [5, 5.41) is 8.41. The first-order valence-electron chi connectivity index (χ1n) is 10.1. The van der Waals surface area contributed by atoms with E-state index in [4.69, 9.17) is 0 Å². The Morgan fingerprint density at radius 1 is 1.00 bits per heavy atom. The lowest BCUT2D eigenvalue weighted by Gasteiger charge is -2.06. The number of nitrogens with zero attached hydrogens (tertiary/aromatic N) is 3. The first-order valence-corrected chi connectivity index (χ1v) is 11.1. The van der Waals surface area contributed by atoms with Crippen molar-refractivity contribution in [2.75, 3.05) is 11.1 Å². The van der Waals surface area contributed by atoms with E-state index < -0.39 is 0 Å². The highest BCUT2D eigenvalue weighted by Crippen LogP contribution is 2.26. The summed E-state index contributed by atoms with van der Waals surface area (Å²) >= 11 is 1.42. The number of carbonyl (C=O) groups excluding carboxylic acids is 1. The highest BCUT2D eigenvalue weighted by atomic mass is 32.2. The van der Waals surface area contributed by atoms with Gasteiger partial charge in [-0.05, 0) is 42.2 Å². The Kier molecular flexibility index (Phi) is 6.14. The number of rotatable bonds is 7. The number of nitrogens with one attached hydrogen (secondary N) is 1. The quantitative estimate of drug-likeness (QED) is 0.418. The largest absolute Gasteiger partial charge is 0.325 e. The molecule has 2 aromatic heterocycles. The van der Waals surface area contributed by atoms with Crippen molar-refractivity contribution >= 4 is 28.9 Å². The normalized spacial score (nSPS) is 11.0. The number of amides is 1. The molecule has 4 aromatic rings. The molecule has 0 bridgehead atoms. The molecule has 1 amide bonds. The van der Waals surface area contributed by atoms with Crippen molar-refractivity contribution in [1.82, 2.24) is 14.6 Å². The summed E-state index contributed by atoms with van der Waals surface area (Å²) in [7, 11) is 0. The first kappa shape index (κ1) is 20.2. The van der Waals surface area contributed by atoms with Crippen LogP contribution >= 0.6 is 11.8 Å². The zero-order valence-corrected chi connectivity index (χ0v) is 17.9. The molecule has 6 heteroatoms. The Bertz CT molecular complexity index is 1150. The van der Waals surface area contributed by atoms with Crippen molar-refractivity contribution in [3.05, 3.63) is 78.1 Å². The molecule has 4 rings (SSSR count). The van der Waals surface area contributed by atoms with Gasteiger partial charge in [-0.3, -0.25) is 4.79 Å². The number of aromatic nitrogens is 3. The number of fused-ring (bicyclic) bond motifs is 1. The van der Waals surface area contributed by atoms with E-state index in [-0.39, 0.29) is 11.7 Å². The number of thioether (sulfide) groups is 1. The molecule has 0 saturated heterocycles. The van der Waals surface area contributed by atoms with Crippen molar-refractivity contribution in [3.8, 4) is 11.3 Å². The predicted octanol–water partition coefficient (Wildman–Crippen LogP) is 5.25. The molecule has 152 valence electrons. The van der Waals surface area contributed by atoms with Gasteiger partial charge in [-0.25, -0.2) is 9.50 Å². The summed E-state index contributed by atoms with van der Waals surface area (Å²) in [6.07, 6.45) is 5.54. The Hall–Kier alpha value is -3.12. The lowest BCUT2D eigenvalue weighted by Crippen LogP contribution is -2.14. The van der Waals surface area contributed by atoms with E-state index in [0.717, 1.165) is 40.3 Å². The third-order valence-corrected chi connectivity index (χ3v) is 5.99. The average Bonchev–Trinajstić information content (AvgIpc) is 3.23. The minimum atomic E-state index is -0.0528. The van der Waals surface area contributed by atoms with E-state index >= 15 is 0 Å². The summed E-state index contributed by atoms with van der Waals surface area (Å²) in [5.74, 6) is 0.233. The number of hydrogen-bond donors (Lipinski definition) is 1. The Morgan fingerprint density at radius 2 is 1.67 bits per heavy atom. The van der Waals surface area contributed by atoms with Crippen LogP contribution in [0.4, 0.5) is 5.69 Å². The number of hydrogen-bond acceptors (Lipinski definition) is 4. The van der Waals surface area contributed by atoms with Crippen LogP contribution in [0.2, 0.25) is 0 Å². The van der Waals surface area contributed by atoms with Crippen molar-refractivity contribution in [2.24, 2.45) is 0 Å². The fourth-order valence-electron chi connectivity index (χ4n) is 3.22. The van der Waals surface area contributed by atoms with Gasteiger partial charge in [0.15, 0.2) is 0 Å². The standard InChI is InChI=1S/C24H24N4OS/c1-3-17-5-9-19(10-6-17)21-15-22-24(25-13-14-28(22)27-21)30-16-23(29)26-20-11-7-18(4-2)8-12-20/h5-15H,3-4,16H2,1-2H3,(H,26,29). The molecule has 0 aliphatic heterocycles. The van der Waals surface area contributed by atoms with Crippen molar-refractivity contribution in [3.63, 3.8) is 0 Å². The third kappa shape index (κ3) is 4.54. The van der Waals surface area contributed by atoms with Gasteiger partial charge in [-0.2, -0.15) is 5.10 Å². The molecule has 1 N–H and O–H groups in total. The van der Waals surface area contributed by atoms with Crippen molar-refractivity contribution in [2.45, 2.75) is 31.7 Å². The molecule has 0 unspecified atom stereocenters. The van der Waals surface area contributed by atoms with Crippen molar-refractivity contribution in [1.29, 1.82) is 0 Å². The molecule has 0 fully saturated rings. The highest BCUT2D eigenvalue weighted by Gasteiger charge is 2.12. The van der Waals surface area contributed by atoms with Crippen LogP contribution in [0.15, 0.2) is 72.0 Å². The van der Waals surface area contributed by atoms with Gasteiger partial charge in [0.25, 0.3) is 0 Å². The van der Waals surface area contributed by atoms with Crippen LogP contribution in [0.3, 0.4) is 0 Å². The number of anilines is 1. The van der Waals surface area contributed by atoms with E-state index in [1.165, 1.54) is 22.9 Å². The van der Waals surface area contributed by atoms with E-state index in [1.807, 2.05) is 41.0 Å². The lowest BCUT2D eigenvalue weighted by molar-refractivity contribution is -0.113. The van der Waals surface area contributed by atoms with Crippen LogP contribution in [0, 0.1) is 0 Å². The molecule has 2 heterocycles. The van der Waals surface area contributed by atoms with Gasteiger partial charge in [0, 0.05) is 23.6 Å². The molecule has 0 atom stereocenters. The maximum Gasteiger partial charge on any atom is 0.234 e. The molecule has 0 spiro atoms. The lowest BCUT2D eigenvalue weighted by atomic mass is 10.1. The van der Waals surface area contributed by atoms with E-state index in [9.17, 15) is 4.79 Å². The zero-order chi connectivity index (χ0) is 20.9. The number of aryl methyl sites for hydroxylation is 2. The van der Waals surface area contributed by atoms with Crippen LogP contribution in [0.25, 0.3) is 16.8 Å². The summed E-state index contributed by atoms with van der Waals surface area (Å²) in [6, 6.07) is 18.4. The average molecular weight is 417 g/mol. The van der Waals surface area contributed by atoms with E-state index in [1.54, 1.807) is 6.20 Å². The van der Waals surface area contributed by atoms with E-state index in [0.29, 0.717) is 0 Å². The molecule has 30 heavy (non-hydrogen) atoms. The summed E-state index contributed by atoms with van der Waals surface area (Å²) < 4.78 is 1.82. The van der Waals surface area contributed by atoms with Gasteiger partial charge in [-0.1, -0.05) is 62.0 Å². The molecule has 5 nitrogen and oxygen atoms in total. The van der Waals surface area contributed by atoms with Crippen LogP contribution in [0.5, 0.6) is 0 Å². The maximum absolute atomic E-state index is 12.4. The molecule has 0 aliphatic rings. The molecular formula is C24H24N4OS. The van der Waals surface area contributed by atoms with Gasteiger partial charge in [0.2, 0.25) is 5.91 Å². The van der Waals surface area contributed by atoms with Gasteiger partial charge in [0.1, 0.15) is 5.03 Å². The molecule has 0 radical (unpaired) electrons. The second-order valence-electron chi connectivity index (χ2n) is 7.03. The van der Waals surface area contributed by atoms with E-state index in [2.05, 4.69) is 53.5 Å². The molecule has 0 saturated carbocycles. The van der Waals surface area contributed by atoms with Crippen LogP contribution in [-0.4, -0.2) is 26.3 Å². The summed E-state index contributed by atoms with van der Waals surface area (Å²) in [4.78, 5) is 16.8. The number of benzene rings is 2. The zero-order valence-electron chi connectivity index (χ0n) is 17.1. The van der Waals surface area contributed by atoms with Gasteiger partial charge in [-0.15, -0.1) is 0 Å². The predicted molar refractivity (Wildman–Crippen MR) is 123 cm³/mol. The fourth-order valence-corrected chi connectivity index (χ4v) is 3.99. The smallest absolute Gasteiger partial charge is 0.234 e. The van der Waals surface area contributed by atoms with Crippen molar-refractivity contribution < 1.29 is 4.79 Å². The second-order valence-corrected chi connectivity index (χ2v) is 7.99. The van der Waals surface area contributed by atoms with Gasteiger partial charge >= 0.3 is 0 Å². The highest BCUT2D eigenvalue weighted by molar-refractivity contribution is 8.00. The Labute approximate surface area is 180 Å². The summed E-state index contributed by atoms with van der Waals surface area (Å²) in [6.45, 7) is 4.26. The second kappa shape index (κ2) is 9.13. The Morgan fingerprint density at radius 3 is 2.33 bits per heavy atom. The first-order chi connectivity index (χ1) is 14.7. The fraction of sp³-hybridized carbons (Fsp3) is 0.208. The SMILES string of the molecule is CCc1ccc(NC(=O)CSc2nccn3nc(-c4ccc(CC)cc4)cc23)cc1. The van der Waals surface area contributed by atoms with Crippen LogP contribution < -0.4 is 5.32 Å². The third-order valence-electron chi connectivity index (χ3n) is 5.00. The maximum atomic E-state index is 12.4. The summed E-state index contributed by atoms with van der Waals surface area (Å²) in [5.41, 5.74) is 6.23. The minimum Gasteiger partial charge on any atom is -0.325 e. The topological polar surface area (TPSA) is 59.3 Å². The van der Waals surface area contributed by atoms with Gasteiger partial charge in [0.05, 0.1) is 17.0 Å². The molecule has 2 aromatic carbocycles. The van der Waals surface area contributed by atoms with Crippen LogP contribution in [-0.2, 0) is 17.6 Å². The minimum absolute atomic E-state index is 0.0528. The Balaban J connectivity index is 1.47. The monoisotopic (exact) mass is 416 g/mol. The number of carbonyl (C=O) groups is 1.